The predicted octanol–water partition coefficient (Wildman–Crippen LogP) is 1.98. The Morgan fingerprint density at radius 3 is 2.52 bits per heavy atom. The van der Waals surface area contributed by atoms with Crippen LogP contribution in [0, 0.1) is 11.8 Å². The molecule has 1 aromatic carbocycles. The van der Waals surface area contributed by atoms with Crippen LogP contribution in [0.5, 0.6) is 0 Å². The molecule has 0 radical (unpaired) electrons. The molecule has 1 fully saturated rings. The lowest BCUT2D eigenvalue weighted by Gasteiger charge is -2.17. The molecule has 132 valence electrons. The van der Waals surface area contributed by atoms with Gasteiger partial charge in [0.1, 0.15) is 0 Å². The first-order valence-corrected chi connectivity index (χ1v) is 8.56. The summed E-state index contributed by atoms with van der Waals surface area (Å²) in [7, 11) is 0. The molecule has 1 aromatic heterocycles. The normalized spacial score (nSPS) is 16.2. The Morgan fingerprint density at radius 1 is 1.28 bits per heavy atom. The van der Waals surface area contributed by atoms with Crippen molar-refractivity contribution in [2.24, 2.45) is 17.6 Å². The van der Waals surface area contributed by atoms with Gasteiger partial charge in [-0.15, -0.1) is 5.10 Å². The van der Waals surface area contributed by atoms with E-state index in [1.165, 1.54) is 23.7 Å². The third-order valence-corrected chi connectivity index (χ3v) is 4.72. The van der Waals surface area contributed by atoms with Crippen molar-refractivity contribution in [3.63, 3.8) is 0 Å². The SMILES string of the molecule is CC(NC(=O)CC(C)C1CC1)c1ccc(-n2cc(C(N)=O)nn2)cc1. The number of benzene rings is 1. The molecule has 1 aliphatic carbocycles. The molecule has 2 amide bonds. The Kier molecular flexibility index (Phi) is 4.83. The lowest BCUT2D eigenvalue weighted by molar-refractivity contribution is -0.122. The smallest absolute Gasteiger partial charge is 0.270 e. The first-order chi connectivity index (χ1) is 11.9. The highest BCUT2D eigenvalue weighted by molar-refractivity contribution is 5.90. The number of nitrogens with two attached hydrogens (primary N) is 1. The minimum Gasteiger partial charge on any atom is -0.364 e. The summed E-state index contributed by atoms with van der Waals surface area (Å²) in [6, 6.07) is 7.52. The van der Waals surface area contributed by atoms with Gasteiger partial charge >= 0.3 is 0 Å². The standard InChI is InChI=1S/C18H23N5O2/c1-11(13-3-4-13)9-17(24)20-12(2)14-5-7-15(8-6-14)23-10-16(18(19)25)21-22-23/h5-8,10-13H,3-4,9H2,1-2H3,(H2,19,25)(H,20,24). The van der Waals surface area contributed by atoms with Gasteiger partial charge in [0.05, 0.1) is 17.9 Å². The molecule has 1 heterocycles. The maximum Gasteiger partial charge on any atom is 0.270 e. The Bertz CT molecular complexity index is 764. The zero-order valence-corrected chi connectivity index (χ0v) is 14.5. The Morgan fingerprint density at radius 2 is 1.96 bits per heavy atom. The lowest BCUT2D eigenvalue weighted by atomic mass is 10.0. The number of nitrogens with zero attached hydrogens (tertiary/aromatic N) is 3. The largest absolute Gasteiger partial charge is 0.364 e. The zero-order chi connectivity index (χ0) is 18.0. The van der Waals surface area contributed by atoms with E-state index in [-0.39, 0.29) is 17.6 Å². The molecule has 2 atom stereocenters. The Hall–Kier alpha value is -2.70. The van der Waals surface area contributed by atoms with E-state index < -0.39 is 5.91 Å². The van der Waals surface area contributed by atoms with E-state index in [2.05, 4.69) is 22.6 Å². The minimum atomic E-state index is -0.611. The second kappa shape index (κ2) is 7.04. The van der Waals surface area contributed by atoms with Gasteiger partial charge in [0.2, 0.25) is 5.91 Å². The van der Waals surface area contributed by atoms with Crippen molar-refractivity contribution in [1.82, 2.24) is 20.3 Å². The summed E-state index contributed by atoms with van der Waals surface area (Å²) in [4.78, 5) is 23.2. The fourth-order valence-corrected chi connectivity index (χ4v) is 2.93. The van der Waals surface area contributed by atoms with Crippen LogP contribution in [0.2, 0.25) is 0 Å². The minimum absolute atomic E-state index is 0.0649. The third-order valence-electron chi connectivity index (χ3n) is 4.72. The Balaban J connectivity index is 1.60. The van der Waals surface area contributed by atoms with Crippen molar-refractivity contribution in [3.8, 4) is 5.69 Å². The molecule has 1 aliphatic rings. The van der Waals surface area contributed by atoms with Gasteiger partial charge in [0.25, 0.3) is 5.91 Å². The van der Waals surface area contributed by atoms with Gasteiger partial charge in [-0.1, -0.05) is 24.3 Å². The van der Waals surface area contributed by atoms with Crippen molar-refractivity contribution in [2.75, 3.05) is 0 Å². The molecular formula is C18H23N5O2. The highest BCUT2D eigenvalue weighted by Gasteiger charge is 2.29. The molecule has 2 aromatic rings. The number of hydrogen-bond donors (Lipinski definition) is 2. The van der Waals surface area contributed by atoms with Gasteiger partial charge in [0, 0.05) is 6.42 Å². The van der Waals surface area contributed by atoms with Crippen LogP contribution in [-0.4, -0.2) is 26.8 Å². The average Bonchev–Trinajstić information content (AvgIpc) is 3.31. The van der Waals surface area contributed by atoms with E-state index in [1.807, 2.05) is 31.2 Å². The van der Waals surface area contributed by atoms with Gasteiger partial charge in [-0.05, 0) is 49.3 Å². The van der Waals surface area contributed by atoms with Gasteiger partial charge in [0.15, 0.2) is 5.69 Å². The van der Waals surface area contributed by atoms with E-state index in [0.29, 0.717) is 12.3 Å². The fraction of sp³-hybridized carbons (Fsp3) is 0.444. The third kappa shape index (κ3) is 4.23. The average molecular weight is 341 g/mol. The summed E-state index contributed by atoms with van der Waals surface area (Å²) in [6.45, 7) is 4.12. The van der Waals surface area contributed by atoms with E-state index >= 15 is 0 Å². The van der Waals surface area contributed by atoms with Crippen molar-refractivity contribution in [2.45, 2.75) is 39.2 Å². The summed E-state index contributed by atoms with van der Waals surface area (Å²) in [5.41, 5.74) is 7.07. The Labute approximate surface area is 146 Å². The molecule has 25 heavy (non-hydrogen) atoms. The summed E-state index contributed by atoms with van der Waals surface area (Å²) in [5.74, 6) is 0.674. The van der Waals surface area contributed by atoms with Gasteiger partial charge in [-0.3, -0.25) is 9.59 Å². The van der Waals surface area contributed by atoms with Crippen LogP contribution in [0.3, 0.4) is 0 Å². The number of hydrogen-bond acceptors (Lipinski definition) is 4. The van der Waals surface area contributed by atoms with E-state index in [9.17, 15) is 9.59 Å². The number of carbonyl (C=O) groups is 2. The molecule has 0 aliphatic heterocycles. The molecule has 3 N–H and O–H groups in total. The summed E-state index contributed by atoms with van der Waals surface area (Å²) in [5, 5.41) is 10.7. The number of primary amides is 1. The second-order valence-electron chi connectivity index (χ2n) is 6.81. The molecule has 0 spiro atoms. The van der Waals surface area contributed by atoms with Crippen LogP contribution in [0.15, 0.2) is 30.5 Å². The maximum absolute atomic E-state index is 12.1. The van der Waals surface area contributed by atoms with Crippen LogP contribution in [0.1, 0.15) is 55.2 Å². The van der Waals surface area contributed by atoms with Gasteiger partial charge < -0.3 is 11.1 Å². The molecule has 7 heteroatoms. The monoisotopic (exact) mass is 341 g/mol. The van der Waals surface area contributed by atoms with Crippen LogP contribution >= 0.6 is 0 Å². The van der Waals surface area contributed by atoms with Gasteiger partial charge in [-0.25, -0.2) is 4.68 Å². The van der Waals surface area contributed by atoms with E-state index in [4.69, 9.17) is 5.73 Å². The van der Waals surface area contributed by atoms with Crippen molar-refractivity contribution < 1.29 is 9.59 Å². The number of amides is 2. The fourth-order valence-electron chi connectivity index (χ4n) is 2.93. The van der Waals surface area contributed by atoms with Crippen LogP contribution in [0.4, 0.5) is 0 Å². The van der Waals surface area contributed by atoms with Crippen LogP contribution in [-0.2, 0) is 4.79 Å². The number of aromatic nitrogens is 3. The molecule has 1 saturated carbocycles. The van der Waals surface area contributed by atoms with Crippen LogP contribution < -0.4 is 11.1 Å². The number of nitrogens with one attached hydrogen (secondary N) is 1. The van der Waals surface area contributed by atoms with Crippen LogP contribution in [0.25, 0.3) is 5.69 Å². The molecule has 0 saturated heterocycles. The summed E-state index contributed by atoms with van der Waals surface area (Å²) < 4.78 is 1.49. The molecule has 3 rings (SSSR count). The summed E-state index contributed by atoms with van der Waals surface area (Å²) >= 11 is 0. The quantitative estimate of drug-likeness (QED) is 0.803. The summed E-state index contributed by atoms with van der Waals surface area (Å²) in [6.07, 6.45) is 4.58. The second-order valence-corrected chi connectivity index (χ2v) is 6.81. The number of rotatable bonds is 7. The van der Waals surface area contributed by atoms with E-state index in [1.54, 1.807) is 0 Å². The van der Waals surface area contributed by atoms with Gasteiger partial charge in [-0.2, -0.15) is 0 Å². The lowest BCUT2D eigenvalue weighted by Crippen LogP contribution is -2.28. The molecule has 0 bridgehead atoms. The first-order valence-electron chi connectivity index (χ1n) is 8.56. The topological polar surface area (TPSA) is 103 Å². The highest BCUT2D eigenvalue weighted by Crippen LogP contribution is 2.38. The predicted molar refractivity (Wildman–Crippen MR) is 92.9 cm³/mol. The molecule has 7 nitrogen and oxygen atoms in total. The maximum atomic E-state index is 12.1. The zero-order valence-electron chi connectivity index (χ0n) is 14.5. The highest BCUT2D eigenvalue weighted by atomic mass is 16.2. The van der Waals surface area contributed by atoms with Crippen molar-refractivity contribution >= 4 is 11.8 Å². The molecule has 2 unspecified atom stereocenters. The van der Waals surface area contributed by atoms with Crippen molar-refractivity contribution in [1.29, 1.82) is 0 Å². The first kappa shape index (κ1) is 17.1. The number of carbonyl (C=O) groups excluding carboxylic acids is 2. The van der Waals surface area contributed by atoms with Crippen molar-refractivity contribution in [3.05, 3.63) is 41.7 Å². The molecular weight excluding hydrogens is 318 g/mol. The van der Waals surface area contributed by atoms with E-state index in [0.717, 1.165) is 17.2 Å².